The van der Waals surface area contributed by atoms with Crippen LogP contribution in [0, 0.1) is 5.92 Å². The van der Waals surface area contributed by atoms with Crippen molar-refractivity contribution in [2.45, 2.75) is 19.1 Å². The first-order valence-corrected chi connectivity index (χ1v) is 9.19. The quantitative estimate of drug-likeness (QED) is 0.641. The van der Waals surface area contributed by atoms with Gasteiger partial charge in [0.1, 0.15) is 24.5 Å². The first kappa shape index (κ1) is 19.5. The number of amides is 1. The lowest BCUT2D eigenvalue weighted by atomic mass is 10.1. The van der Waals surface area contributed by atoms with Gasteiger partial charge in [-0.15, -0.1) is 0 Å². The molecule has 29 heavy (non-hydrogen) atoms. The van der Waals surface area contributed by atoms with Crippen LogP contribution in [0.25, 0.3) is 22.2 Å². The highest BCUT2D eigenvalue weighted by Crippen LogP contribution is 2.33. The van der Waals surface area contributed by atoms with Gasteiger partial charge in [-0.05, 0) is 24.1 Å². The average molecular weight is 426 g/mol. The van der Waals surface area contributed by atoms with Gasteiger partial charge < -0.3 is 9.32 Å². The second-order valence-corrected chi connectivity index (χ2v) is 7.32. The molecule has 2 aromatic heterocycles. The molecule has 1 fully saturated rings. The second-order valence-electron chi connectivity index (χ2n) is 6.88. The number of rotatable bonds is 3. The molecule has 0 spiro atoms. The fourth-order valence-corrected chi connectivity index (χ4v) is 3.55. The molecular weight excluding hydrogens is 411 g/mol. The molecule has 1 unspecified atom stereocenters. The summed E-state index contributed by atoms with van der Waals surface area (Å²) in [5.74, 6) is -2.09. The Hall–Kier alpha value is -2.81. The summed E-state index contributed by atoms with van der Waals surface area (Å²) >= 11 is 5.89. The first-order chi connectivity index (χ1) is 13.7. The Bertz CT molecular complexity index is 1120. The van der Waals surface area contributed by atoms with Crippen LogP contribution in [0.1, 0.15) is 6.42 Å². The molecular formula is C19H15ClF3N3O3. The Morgan fingerprint density at radius 2 is 2.00 bits per heavy atom. The summed E-state index contributed by atoms with van der Waals surface area (Å²) in [7, 11) is 0. The molecule has 10 heteroatoms. The second kappa shape index (κ2) is 7.22. The van der Waals surface area contributed by atoms with Crippen LogP contribution < -0.4 is 5.56 Å². The molecule has 3 heterocycles. The fourth-order valence-electron chi connectivity index (χ4n) is 3.42. The summed E-state index contributed by atoms with van der Waals surface area (Å²) < 4.78 is 44.9. The van der Waals surface area contributed by atoms with Gasteiger partial charge >= 0.3 is 6.18 Å². The van der Waals surface area contributed by atoms with Gasteiger partial charge in [0.05, 0.1) is 5.92 Å². The van der Waals surface area contributed by atoms with E-state index in [1.54, 1.807) is 24.3 Å². The third-order valence-electron chi connectivity index (χ3n) is 5.03. The van der Waals surface area contributed by atoms with Gasteiger partial charge in [0.2, 0.25) is 11.6 Å². The summed E-state index contributed by atoms with van der Waals surface area (Å²) in [6, 6.07) is 6.77. The van der Waals surface area contributed by atoms with Gasteiger partial charge in [0, 0.05) is 23.7 Å². The largest absolute Gasteiger partial charge is 0.445 e. The maximum absolute atomic E-state index is 12.9. The van der Waals surface area contributed by atoms with Crippen LogP contribution in [0.5, 0.6) is 0 Å². The molecule has 6 nitrogen and oxygen atoms in total. The number of carbonyl (C=O) groups excluding carboxylic acids is 1. The minimum absolute atomic E-state index is 0.00910. The topological polar surface area (TPSA) is 68.3 Å². The van der Waals surface area contributed by atoms with Crippen molar-refractivity contribution in [3.05, 3.63) is 52.2 Å². The van der Waals surface area contributed by atoms with Crippen molar-refractivity contribution in [2.24, 2.45) is 5.92 Å². The lowest BCUT2D eigenvalue weighted by Crippen LogP contribution is -2.36. The van der Waals surface area contributed by atoms with E-state index in [1.807, 2.05) is 0 Å². The Morgan fingerprint density at radius 1 is 1.28 bits per heavy atom. The first-order valence-electron chi connectivity index (χ1n) is 8.81. The maximum atomic E-state index is 12.9. The molecule has 0 aliphatic carbocycles. The number of likely N-dealkylation sites (tertiary alicyclic amines) is 1. The van der Waals surface area contributed by atoms with E-state index < -0.39 is 36.7 Å². The Labute approximate surface area is 167 Å². The lowest BCUT2D eigenvalue weighted by molar-refractivity contribution is -0.171. The van der Waals surface area contributed by atoms with E-state index in [1.165, 1.54) is 6.26 Å². The van der Waals surface area contributed by atoms with Crippen molar-refractivity contribution in [3.8, 4) is 11.1 Å². The lowest BCUT2D eigenvalue weighted by Gasteiger charge is -2.18. The van der Waals surface area contributed by atoms with Crippen molar-refractivity contribution >= 4 is 28.6 Å². The van der Waals surface area contributed by atoms with E-state index >= 15 is 0 Å². The summed E-state index contributed by atoms with van der Waals surface area (Å²) in [6.07, 6.45) is -1.92. The van der Waals surface area contributed by atoms with E-state index in [0.717, 1.165) is 15.8 Å². The number of hydrogen-bond donors (Lipinski definition) is 0. The molecule has 1 aromatic carbocycles. The van der Waals surface area contributed by atoms with Crippen LogP contribution in [-0.2, 0) is 11.3 Å². The Kier molecular flexibility index (Phi) is 4.85. The van der Waals surface area contributed by atoms with E-state index in [4.69, 9.17) is 16.0 Å². The van der Waals surface area contributed by atoms with Crippen molar-refractivity contribution in [1.29, 1.82) is 0 Å². The molecule has 1 atom stereocenters. The zero-order valence-electron chi connectivity index (χ0n) is 14.9. The molecule has 0 bridgehead atoms. The number of halogens is 4. The van der Waals surface area contributed by atoms with Crippen molar-refractivity contribution in [1.82, 2.24) is 14.5 Å². The summed E-state index contributed by atoms with van der Waals surface area (Å²) in [6.45, 7) is -0.777. The Morgan fingerprint density at radius 3 is 2.66 bits per heavy atom. The standard InChI is InChI=1S/C19H15ClF3N3O3/c20-13-3-1-11(2-4-13)14-9-29-17-16(14)18(28)26(10-24-17)8-15(27)25-6-5-12(7-25)19(21,22)23/h1-4,9-10,12H,5-8H2. The third-order valence-corrected chi connectivity index (χ3v) is 5.28. The number of carbonyl (C=O) groups is 1. The summed E-state index contributed by atoms with van der Waals surface area (Å²) in [5.41, 5.74) is 0.786. The maximum Gasteiger partial charge on any atom is 0.393 e. The third kappa shape index (κ3) is 3.74. The molecule has 1 aliphatic heterocycles. The molecule has 4 rings (SSSR count). The highest BCUT2D eigenvalue weighted by molar-refractivity contribution is 6.30. The van der Waals surface area contributed by atoms with Crippen LogP contribution in [-0.4, -0.2) is 39.6 Å². The van der Waals surface area contributed by atoms with Gasteiger partial charge in [-0.1, -0.05) is 23.7 Å². The molecule has 0 N–H and O–H groups in total. The predicted molar refractivity (Wildman–Crippen MR) is 99.5 cm³/mol. The zero-order chi connectivity index (χ0) is 20.8. The minimum atomic E-state index is -4.34. The van der Waals surface area contributed by atoms with Gasteiger partial charge in [-0.25, -0.2) is 4.98 Å². The number of furan rings is 1. The van der Waals surface area contributed by atoms with Crippen LogP contribution >= 0.6 is 11.6 Å². The van der Waals surface area contributed by atoms with E-state index in [-0.39, 0.29) is 24.1 Å². The van der Waals surface area contributed by atoms with Crippen LogP contribution in [0.4, 0.5) is 13.2 Å². The van der Waals surface area contributed by atoms with Gasteiger partial charge in [-0.2, -0.15) is 13.2 Å². The van der Waals surface area contributed by atoms with Crippen LogP contribution in [0.3, 0.4) is 0 Å². The van der Waals surface area contributed by atoms with Crippen molar-refractivity contribution < 1.29 is 22.4 Å². The number of aromatic nitrogens is 2. The number of nitrogens with zero attached hydrogens (tertiary/aromatic N) is 3. The number of benzene rings is 1. The molecule has 152 valence electrons. The van der Waals surface area contributed by atoms with E-state index in [2.05, 4.69) is 4.98 Å². The zero-order valence-corrected chi connectivity index (χ0v) is 15.7. The van der Waals surface area contributed by atoms with Gasteiger partial charge in [0.25, 0.3) is 5.56 Å². The van der Waals surface area contributed by atoms with Crippen LogP contribution in [0.2, 0.25) is 5.02 Å². The van der Waals surface area contributed by atoms with Crippen molar-refractivity contribution in [2.75, 3.05) is 13.1 Å². The van der Waals surface area contributed by atoms with Gasteiger partial charge in [-0.3, -0.25) is 14.2 Å². The molecule has 1 aliphatic rings. The monoisotopic (exact) mass is 425 g/mol. The predicted octanol–water partition coefficient (Wildman–Crippen LogP) is 3.72. The average Bonchev–Trinajstić information content (AvgIpc) is 3.32. The smallest absolute Gasteiger partial charge is 0.393 e. The highest BCUT2D eigenvalue weighted by Gasteiger charge is 2.44. The van der Waals surface area contributed by atoms with E-state index in [9.17, 15) is 22.8 Å². The number of hydrogen-bond acceptors (Lipinski definition) is 4. The molecule has 0 radical (unpaired) electrons. The minimum Gasteiger partial charge on any atom is -0.445 e. The van der Waals surface area contributed by atoms with Gasteiger partial charge in [0.15, 0.2) is 0 Å². The molecule has 1 amide bonds. The van der Waals surface area contributed by atoms with Crippen molar-refractivity contribution in [3.63, 3.8) is 0 Å². The number of fused-ring (bicyclic) bond motifs is 1. The van der Waals surface area contributed by atoms with E-state index in [0.29, 0.717) is 16.1 Å². The Balaban J connectivity index is 1.61. The highest BCUT2D eigenvalue weighted by atomic mass is 35.5. The normalized spacial score (nSPS) is 17.2. The fraction of sp³-hybridized carbons (Fsp3) is 0.316. The summed E-state index contributed by atoms with van der Waals surface area (Å²) in [5, 5.41) is 0.725. The molecule has 1 saturated heterocycles. The molecule has 3 aromatic rings. The number of alkyl halides is 3. The SMILES string of the molecule is O=C(Cn1cnc2occ(-c3ccc(Cl)cc3)c2c1=O)N1CCC(C(F)(F)F)C1. The summed E-state index contributed by atoms with van der Waals surface area (Å²) in [4.78, 5) is 30.5. The molecule has 0 saturated carbocycles. The van der Waals surface area contributed by atoms with Crippen LogP contribution in [0.15, 0.2) is 46.1 Å².